The van der Waals surface area contributed by atoms with Crippen LogP contribution in [0.5, 0.6) is 0 Å². The van der Waals surface area contributed by atoms with Gasteiger partial charge >= 0.3 is 5.97 Å². The van der Waals surface area contributed by atoms with Crippen LogP contribution < -0.4 is 0 Å². The van der Waals surface area contributed by atoms with Gasteiger partial charge in [0.1, 0.15) is 0 Å². The Balaban J connectivity index is 4.51. The van der Waals surface area contributed by atoms with Crippen molar-refractivity contribution >= 4 is 5.97 Å². The van der Waals surface area contributed by atoms with Crippen LogP contribution in [0.3, 0.4) is 0 Å². The number of aliphatic carboxylic acids is 1. The van der Waals surface area contributed by atoms with E-state index in [4.69, 9.17) is 47.4 Å². The van der Waals surface area contributed by atoms with E-state index < -0.39 is 35.0 Å². The molecule has 0 aromatic rings. The predicted molar refractivity (Wildman–Crippen MR) is 104 cm³/mol. The molecule has 0 aromatic heterocycles. The summed E-state index contributed by atoms with van der Waals surface area (Å²) >= 11 is 0. The van der Waals surface area contributed by atoms with Crippen LogP contribution >= 0.6 is 0 Å². The summed E-state index contributed by atoms with van der Waals surface area (Å²) in [5, 5.41) is 9.78. The Bertz CT molecular complexity index is 692. The number of methoxy groups -OCH3 is 10. The van der Waals surface area contributed by atoms with Crippen molar-refractivity contribution in [3.63, 3.8) is 0 Å². The molecule has 31 heavy (non-hydrogen) atoms. The van der Waals surface area contributed by atoms with E-state index in [1.165, 1.54) is 64.0 Å². The lowest BCUT2D eigenvalue weighted by atomic mass is 9.73. The SMILES string of the molecule is COC(C(=O)O)=C(OC)C1(OC)C(OC)=C(OC)C(OC)C(OC)(OC)C1(OC)OC. The summed E-state index contributed by atoms with van der Waals surface area (Å²) in [6.45, 7) is 0. The van der Waals surface area contributed by atoms with Crippen molar-refractivity contribution < 1.29 is 57.3 Å². The van der Waals surface area contributed by atoms with Gasteiger partial charge in [0.25, 0.3) is 11.6 Å². The van der Waals surface area contributed by atoms with E-state index in [2.05, 4.69) is 0 Å². The standard InChI is InChI=1S/C19H32O12/c1-22-11-13(24-3)17(27-6,14(25-4)12(23-2)16(20)21)19(30-9,31-10)18(28-7,29-8)15(11)26-5/h15H,1-10H3,(H,20,21). The van der Waals surface area contributed by atoms with Gasteiger partial charge in [-0.25, -0.2) is 4.79 Å². The van der Waals surface area contributed by atoms with Gasteiger partial charge in [0.15, 0.2) is 23.4 Å². The summed E-state index contributed by atoms with van der Waals surface area (Å²) < 4.78 is 56.6. The van der Waals surface area contributed by atoms with E-state index in [1.807, 2.05) is 0 Å². The molecule has 0 aromatic carbocycles. The van der Waals surface area contributed by atoms with Gasteiger partial charge in [-0.3, -0.25) is 0 Å². The highest BCUT2D eigenvalue weighted by molar-refractivity contribution is 5.85. The van der Waals surface area contributed by atoms with E-state index in [0.717, 1.165) is 7.11 Å². The summed E-state index contributed by atoms with van der Waals surface area (Å²) in [6.07, 6.45) is -1.13. The van der Waals surface area contributed by atoms with E-state index in [-0.39, 0.29) is 17.3 Å². The maximum absolute atomic E-state index is 12.0. The van der Waals surface area contributed by atoms with Crippen molar-refractivity contribution in [1.29, 1.82) is 0 Å². The largest absolute Gasteiger partial charge is 0.494 e. The number of hydrogen-bond acceptors (Lipinski definition) is 11. The molecule has 0 aliphatic heterocycles. The van der Waals surface area contributed by atoms with Gasteiger partial charge in [0, 0.05) is 42.7 Å². The number of hydrogen-bond donors (Lipinski definition) is 1. The van der Waals surface area contributed by atoms with Crippen LogP contribution in [0.2, 0.25) is 0 Å². The first-order valence-electron chi connectivity index (χ1n) is 8.91. The molecule has 1 N–H and O–H groups in total. The van der Waals surface area contributed by atoms with Gasteiger partial charge in [-0.05, 0) is 0 Å². The quantitative estimate of drug-likeness (QED) is 0.251. The Morgan fingerprint density at radius 3 is 1.58 bits per heavy atom. The highest BCUT2D eigenvalue weighted by atomic mass is 16.8. The molecule has 12 nitrogen and oxygen atoms in total. The number of carbonyl (C=O) groups is 1. The van der Waals surface area contributed by atoms with Crippen LogP contribution in [0.1, 0.15) is 0 Å². The molecule has 0 radical (unpaired) electrons. The molecule has 0 amide bonds. The Hall–Kier alpha value is -2.09. The lowest BCUT2D eigenvalue weighted by molar-refractivity contribution is -0.455. The second-order valence-corrected chi connectivity index (χ2v) is 6.07. The van der Waals surface area contributed by atoms with Crippen LogP contribution in [0.4, 0.5) is 0 Å². The van der Waals surface area contributed by atoms with Crippen LogP contribution in [-0.2, 0) is 52.2 Å². The molecular formula is C19H32O12. The molecule has 0 fully saturated rings. The van der Waals surface area contributed by atoms with E-state index in [9.17, 15) is 9.90 Å². The first kappa shape index (κ1) is 26.9. The van der Waals surface area contributed by atoms with Crippen molar-refractivity contribution in [2.24, 2.45) is 0 Å². The molecule has 12 heteroatoms. The number of carboxylic acids is 1. The predicted octanol–water partition coefficient (Wildman–Crippen LogP) is 0.472. The fourth-order valence-electron chi connectivity index (χ4n) is 4.21. The fraction of sp³-hybridized carbons (Fsp3) is 0.737. The average molecular weight is 452 g/mol. The highest BCUT2D eigenvalue weighted by Gasteiger charge is 2.80. The molecule has 1 aliphatic carbocycles. The smallest absolute Gasteiger partial charge is 0.374 e. The summed E-state index contributed by atoms with van der Waals surface area (Å²) in [6, 6.07) is 0. The van der Waals surface area contributed by atoms with Crippen LogP contribution in [-0.4, -0.2) is 105 Å². The number of ether oxygens (including phenoxy) is 10. The summed E-state index contributed by atoms with van der Waals surface area (Å²) in [5.41, 5.74) is -2.13. The molecule has 2 unspecified atom stereocenters. The molecule has 2 atom stereocenters. The van der Waals surface area contributed by atoms with Gasteiger partial charge in [-0.1, -0.05) is 0 Å². The molecule has 0 spiro atoms. The second-order valence-electron chi connectivity index (χ2n) is 6.07. The molecule has 180 valence electrons. The molecule has 0 saturated heterocycles. The van der Waals surface area contributed by atoms with Gasteiger partial charge in [-0.15, -0.1) is 0 Å². The van der Waals surface area contributed by atoms with Gasteiger partial charge in [0.2, 0.25) is 11.4 Å². The average Bonchev–Trinajstić information content (AvgIpc) is 2.79. The third kappa shape index (κ3) is 3.34. The normalized spacial score (nSPS) is 25.5. The van der Waals surface area contributed by atoms with Crippen molar-refractivity contribution in [3.05, 3.63) is 23.0 Å². The van der Waals surface area contributed by atoms with E-state index in [0.29, 0.717) is 0 Å². The maximum Gasteiger partial charge on any atom is 0.374 e. The minimum absolute atomic E-state index is 0.0377. The third-order valence-electron chi connectivity index (χ3n) is 5.32. The summed E-state index contributed by atoms with van der Waals surface area (Å²) in [7, 11) is 12.9. The van der Waals surface area contributed by atoms with Crippen molar-refractivity contribution in [2.45, 2.75) is 23.3 Å². The number of carboxylic acid groups (broad SMARTS) is 1. The van der Waals surface area contributed by atoms with Gasteiger partial charge in [0.05, 0.1) is 28.4 Å². The Morgan fingerprint density at radius 1 is 0.774 bits per heavy atom. The molecule has 0 saturated carbocycles. The minimum Gasteiger partial charge on any atom is -0.494 e. The van der Waals surface area contributed by atoms with Crippen molar-refractivity contribution in [3.8, 4) is 0 Å². The zero-order chi connectivity index (χ0) is 24.0. The molecular weight excluding hydrogens is 420 g/mol. The third-order valence-corrected chi connectivity index (χ3v) is 5.32. The second kappa shape index (κ2) is 10.5. The summed E-state index contributed by atoms with van der Waals surface area (Å²) in [4.78, 5) is 12.0. The van der Waals surface area contributed by atoms with Crippen molar-refractivity contribution in [2.75, 3.05) is 71.1 Å². The lowest BCUT2D eigenvalue weighted by Gasteiger charge is -2.59. The number of rotatable bonds is 12. The lowest BCUT2D eigenvalue weighted by Crippen LogP contribution is -2.79. The first-order chi connectivity index (χ1) is 14.7. The van der Waals surface area contributed by atoms with Crippen molar-refractivity contribution in [1.82, 2.24) is 0 Å². The van der Waals surface area contributed by atoms with Gasteiger partial charge in [-0.2, -0.15) is 0 Å². The zero-order valence-corrected chi connectivity index (χ0v) is 19.5. The fourth-order valence-corrected chi connectivity index (χ4v) is 4.21. The van der Waals surface area contributed by atoms with Crippen LogP contribution in [0.25, 0.3) is 0 Å². The van der Waals surface area contributed by atoms with Crippen LogP contribution in [0.15, 0.2) is 23.0 Å². The first-order valence-corrected chi connectivity index (χ1v) is 8.91. The van der Waals surface area contributed by atoms with E-state index >= 15 is 0 Å². The molecule has 1 aliphatic rings. The molecule has 1 rings (SSSR count). The van der Waals surface area contributed by atoms with Crippen LogP contribution in [0, 0.1) is 0 Å². The Morgan fingerprint density at radius 2 is 1.32 bits per heavy atom. The highest BCUT2D eigenvalue weighted by Crippen LogP contribution is 2.57. The van der Waals surface area contributed by atoms with Gasteiger partial charge < -0.3 is 52.5 Å². The Kier molecular flexibility index (Phi) is 9.11. The molecule has 0 heterocycles. The Labute approximate surface area is 181 Å². The molecule has 0 bridgehead atoms. The maximum atomic E-state index is 12.0. The van der Waals surface area contributed by atoms with E-state index in [1.54, 1.807) is 0 Å². The topological polar surface area (TPSA) is 130 Å². The minimum atomic E-state index is -2.13. The zero-order valence-electron chi connectivity index (χ0n) is 19.5. The summed E-state index contributed by atoms with van der Waals surface area (Å²) in [5.74, 6) is -6.58. The monoisotopic (exact) mass is 452 g/mol.